The first-order valence-corrected chi connectivity index (χ1v) is 9.66. The second-order valence-corrected chi connectivity index (χ2v) is 7.27. The van der Waals surface area contributed by atoms with Gasteiger partial charge < -0.3 is 15.1 Å². The molecule has 142 valence electrons. The molecule has 7 nitrogen and oxygen atoms in total. The average molecular weight is 367 g/mol. The lowest BCUT2D eigenvalue weighted by Crippen LogP contribution is -2.29. The quantitative estimate of drug-likeness (QED) is 0.871. The molecule has 2 amide bonds. The van der Waals surface area contributed by atoms with Gasteiger partial charge in [0.05, 0.1) is 29.2 Å². The molecule has 7 heteroatoms. The van der Waals surface area contributed by atoms with Gasteiger partial charge in [-0.05, 0) is 25.0 Å². The fraction of sp³-hybridized carbons (Fsp3) is 0.450. The third-order valence-electron chi connectivity index (χ3n) is 5.40. The molecular weight excluding hydrogens is 342 g/mol. The van der Waals surface area contributed by atoms with Crippen LogP contribution in [-0.4, -0.2) is 41.6 Å². The van der Waals surface area contributed by atoms with Gasteiger partial charge in [0.15, 0.2) is 0 Å². The molecule has 2 aromatic rings. The average Bonchev–Trinajstić information content (AvgIpc) is 3.25. The molecule has 1 unspecified atom stereocenters. The Morgan fingerprint density at radius 2 is 1.93 bits per heavy atom. The minimum absolute atomic E-state index is 0.0441. The summed E-state index contributed by atoms with van der Waals surface area (Å²) in [5, 5.41) is 9.67. The lowest BCUT2D eigenvalue weighted by atomic mass is 10.1. The van der Waals surface area contributed by atoms with Crippen molar-refractivity contribution in [1.29, 1.82) is 0 Å². The number of benzene rings is 1. The van der Waals surface area contributed by atoms with Crippen molar-refractivity contribution in [3.63, 3.8) is 0 Å². The molecule has 0 spiro atoms. The molecule has 27 heavy (non-hydrogen) atoms. The molecule has 0 aliphatic carbocycles. The highest BCUT2D eigenvalue weighted by atomic mass is 16.2. The van der Waals surface area contributed by atoms with Gasteiger partial charge in [-0.3, -0.25) is 14.7 Å². The third-order valence-corrected chi connectivity index (χ3v) is 5.40. The molecule has 2 aliphatic heterocycles. The Morgan fingerprint density at radius 1 is 1.15 bits per heavy atom. The van der Waals surface area contributed by atoms with Gasteiger partial charge in [0.1, 0.15) is 0 Å². The molecule has 2 N–H and O–H groups in total. The Kier molecular flexibility index (Phi) is 5.09. The third kappa shape index (κ3) is 3.82. The van der Waals surface area contributed by atoms with Gasteiger partial charge in [-0.25, -0.2) is 0 Å². The van der Waals surface area contributed by atoms with Crippen LogP contribution in [0.2, 0.25) is 0 Å². The van der Waals surface area contributed by atoms with E-state index in [2.05, 4.69) is 26.5 Å². The van der Waals surface area contributed by atoms with E-state index >= 15 is 0 Å². The number of carbonyl (C=O) groups is 2. The summed E-state index contributed by atoms with van der Waals surface area (Å²) in [5.41, 5.74) is 2.61. The Bertz CT molecular complexity index is 796. The highest BCUT2D eigenvalue weighted by Gasteiger charge is 2.35. The molecule has 0 bridgehead atoms. The van der Waals surface area contributed by atoms with Crippen LogP contribution in [0.25, 0.3) is 0 Å². The maximum Gasteiger partial charge on any atom is 0.229 e. The summed E-state index contributed by atoms with van der Waals surface area (Å²) in [5.74, 6) is -0.501. The minimum Gasteiger partial charge on any atom is -0.370 e. The number of hydrogen-bond acceptors (Lipinski definition) is 4. The van der Waals surface area contributed by atoms with E-state index in [-0.39, 0.29) is 24.2 Å². The predicted octanol–water partition coefficient (Wildman–Crippen LogP) is 2.78. The molecule has 1 atom stereocenters. The van der Waals surface area contributed by atoms with Gasteiger partial charge in [-0.2, -0.15) is 5.10 Å². The number of rotatable bonds is 4. The van der Waals surface area contributed by atoms with E-state index in [1.165, 1.54) is 25.7 Å². The van der Waals surface area contributed by atoms with Crippen LogP contribution in [-0.2, 0) is 9.59 Å². The maximum atomic E-state index is 12.8. The molecule has 0 saturated carbocycles. The van der Waals surface area contributed by atoms with Crippen LogP contribution >= 0.6 is 0 Å². The summed E-state index contributed by atoms with van der Waals surface area (Å²) in [7, 11) is 0. The summed E-state index contributed by atoms with van der Waals surface area (Å²) >= 11 is 0. The number of carbonyl (C=O) groups excluding carboxylic acids is 2. The monoisotopic (exact) mass is 367 g/mol. The standard InChI is InChI=1S/C20H25N5O2/c26-19-11-15(14-25(19)16-12-21-22-13-16)20(27)23-17-7-3-4-8-18(17)24-9-5-1-2-6-10-24/h3-4,7-8,12-13,15H,1-2,5-6,9-11,14H2,(H,21,22)(H,23,27). The van der Waals surface area contributed by atoms with E-state index in [4.69, 9.17) is 0 Å². The molecule has 2 saturated heterocycles. The van der Waals surface area contributed by atoms with Crippen molar-refractivity contribution in [3.05, 3.63) is 36.7 Å². The lowest BCUT2D eigenvalue weighted by molar-refractivity contribution is -0.122. The fourth-order valence-corrected chi connectivity index (χ4v) is 3.93. The zero-order valence-corrected chi connectivity index (χ0v) is 15.4. The second-order valence-electron chi connectivity index (χ2n) is 7.27. The van der Waals surface area contributed by atoms with Crippen LogP contribution in [0.1, 0.15) is 32.1 Å². The second kappa shape index (κ2) is 7.82. The van der Waals surface area contributed by atoms with Crippen LogP contribution < -0.4 is 15.1 Å². The zero-order valence-electron chi connectivity index (χ0n) is 15.4. The summed E-state index contributed by atoms with van der Waals surface area (Å²) in [6.07, 6.45) is 8.39. The van der Waals surface area contributed by atoms with Crippen molar-refractivity contribution in [1.82, 2.24) is 10.2 Å². The Balaban J connectivity index is 1.46. The predicted molar refractivity (Wildman–Crippen MR) is 105 cm³/mol. The van der Waals surface area contributed by atoms with Gasteiger partial charge in [-0.15, -0.1) is 0 Å². The van der Waals surface area contributed by atoms with Gasteiger partial charge >= 0.3 is 0 Å². The van der Waals surface area contributed by atoms with Crippen LogP contribution in [0.3, 0.4) is 0 Å². The minimum atomic E-state index is -0.357. The van der Waals surface area contributed by atoms with Crippen LogP contribution in [0.4, 0.5) is 17.1 Å². The molecule has 1 aromatic heterocycles. The number of aromatic nitrogens is 2. The molecular formula is C20H25N5O2. The van der Waals surface area contributed by atoms with Crippen LogP contribution in [0.5, 0.6) is 0 Å². The first kappa shape index (κ1) is 17.6. The topological polar surface area (TPSA) is 81.3 Å². The molecule has 0 radical (unpaired) electrons. The smallest absolute Gasteiger partial charge is 0.229 e. The number of anilines is 3. The molecule has 1 aromatic carbocycles. The number of para-hydroxylation sites is 2. The molecule has 2 aliphatic rings. The van der Waals surface area contributed by atoms with Crippen molar-refractivity contribution in [2.45, 2.75) is 32.1 Å². The van der Waals surface area contributed by atoms with Gasteiger partial charge in [0, 0.05) is 32.3 Å². The Labute approximate surface area is 158 Å². The summed E-state index contributed by atoms with van der Waals surface area (Å²) in [6, 6.07) is 7.96. The number of nitrogens with one attached hydrogen (secondary N) is 2. The van der Waals surface area contributed by atoms with Crippen LogP contribution in [0, 0.1) is 5.92 Å². The number of hydrogen-bond donors (Lipinski definition) is 2. The zero-order chi connectivity index (χ0) is 18.6. The van der Waals surface area contributed by atoms with Crippen LogP contribution in [0.15, 0.2) is 36.7 Å². The van der Waals surface area contributed by atoms with Gasteiger partial charge in [0.2, 0.25) is 11.8 Å². The summed E-state index contributed by atoms with van der Waals surface area (Å²) < 4.78 is 0. The number of nitrogens with zero attached hydrogens (tertiary/aromatic N) is 3. The maximum absolute atomic E-state index is 12.8. The Morgan fingerprint density at radius 3 is 2.67 bits per heavy atom. The molecule has 4 rings (SSSR count). The normalized spacial score (nSPS) is 20.6. The van der Waals surface area contributed by atoms with Gasteiger partial charge in [-0.1, -0.05) is 25.0 Å². The largest absolute Gasteiger partial charge is 0.370 e. The van der Waals surface area contributed by atoms with E-state index in [1.807, 2.05) is 18.2 Å². The van der Waals surface area contributed by atoms with Crippen molar-refractivity contribution in [2.24, 2.45) is 5.92 Å². The number of amides is 2. The van der Waals surface area contributed by atoms with E-state index < -0.39 is 0 Å². The summed E-state index contributed by atoms with van der Waals surface area (Å²) in [4.78, 5) is 29.1. The Hall–Kier alpha value is -2.83. The van der Waals surface area contributed by atoms with E-state index in [0.29, 0.717) is 12.2 Å². The fourth-order valence-electron chi connectivity index (χ4n) is 3.93. The molecule has 3 heterocycles. The first-order valence-electron chi connectivity index (χ1n) is 9.66. The van der Waals surface area contributed by atoms with E-state index in [1.54, 1.807) is 17.3 Å². The summed E-state index contributed by atoms with van der Waals surface area (Å²) in [6.45, 7) is 2.42. The van der Waals surface area contributed by atoms with Crippen molar-refractivity contribution in [3.8, 4) is 0 Å². The first-order chi connectivity index (χ1) is 13.2. The van der Waals surface area contributed by atoms with Crippen molar-refractivity contribution >= 4 is 28.9 Å². The lowest BCUT2D eigenvalue weighted by Gasteiger charge is -2.26. The number of aromatic amines is 1. The van der Waals surface area contributed by atoms with Gasteiger partial charge in [0.25, 0.3) is 0 Å². The van der Waals surface area contributed by atoms with E-state index in [0.717, 1.165) is 24.5 Å². The highest BCUT2D eigenvalue weighted by Crippen LogP contribution is 2.30. The number of H-pyrrole nitrogens is 1. The molecule has 2 fully saturated rings. The SMILES string of the molecule is O=C(Nc1ccccc1N1CCCCCC1)C1CC(=O)N(c2cn[nH]c2)C1. The highest BCUT2D eigenvalue weighted by molar-refractivity contribution is 6.04. The van der Waals surface area contributed by atoms with Crippen molar-refractivity contribution < 1.29 is 9.59 Å². The van der Waals surface area contributed by atoms with E-state index in [9.17, 15) is 9.59 Å². The van der Waals surface area contributed by atoms with Crippen molar-refractivity contribution in [2.75, 3.05) is 34.8 Å².